The Morgan fingerprint density at radius 2 is 2.11 bits per heavy atom. The van der Waals surface area contributed by atoms with Crippen LogP contribution in [0.15, 0.2) is 0 Å². The van der Waals surface area contributed by atoms with Gasteiger partial charge in [0, 0.05) is 12.6 Å². The molecular formula is C7H14BO. The third kappa shape index (κ3) is 1.29. The van der Waals surface area contributed by atoms with Crippen molar-refractivity contribution in [1.29, 1.82) is 0 Å². The van der Waals surface area contributed by atoms with Crippen molar-refractivity contribution in [2.24, 2.45) is 11.8 Å². The second kappa shape index (κ2) is 2.74. The zero-order valence-electron chi connectivity index (χ0n) is 6.42. The second-order valence-electron chi connectivity index (χ2n) is 2.97. The molecule has 1 heterocycles. The lowest BCUT2D eigenvalue weighted by molar-refractivity contribution is 0.150. The summed E-state index contributed by atoms with van der Waals surface area (Å²) in [6.07, 6.45) is 0. The van der Waals surface area contributed by atoms with Gasteiger partial charge in [-0.1, -0.05) is 20.7 Å². The highest BCUT2D eigenvalue weighted by atomic mass is 16.5. The summed E-state index contributed by atoms with van der Waals surface area (Å²) in [5.41, 5.74) is 0. The van der Waals surface area contributed by atoms with Gasteiger partial charge in [0.05, 0.1) is 0 Å². The summed E-state index contributed by atoms with van der Waals surface area (Å²) in [5, 5.41) is 0. The van der Waals surface area contributed by atoms with E-state index in [9.17, 15) is 0 Å². The van der Waals surface area contributed by atoms with Gasteiger partial charge in [-0.25, -0.2) is 0 Å². The van der Waals surface area contributed by atoms with Crippen LogP contribution in [0.25, 0.3) is 0 Å². The molecule has 0 bridgehead atoms. The van der Waals surface area contributed by atoms with Gasteiger partial charge < -0.3 is 4.74 Å². The molecule has 0 aromatic heterocycles. The van der Waals surface area contributed by atoms with Crippen molar-refractivity contribution in [3.8, 4) is 0 Å². The van der Waals surface area contributed by atoms with E-state index in [4.69, 9.17) is 4.74 Å². The molecule has 0 aliphatic carbocycles. The summed E-state index contributed by atoms with van der Waals surface area (Å²) in [4.78, 5) is 0. The number of hydrogen-bond donors (Lipinski definition) is 0. The van der Waals surface area contributed by atoms with E-state index in [0.717, 1.165) is 18.4 Å². The van der Waals surface area contributed by atoms with Gasteiger partial charge in [-0.05, 0) is 11.8 Å². The van der Waals surface area contributed by atoms with Gasteiger partial charge in [-0.15, -0.1) is 0 Å². The predicted molar refractivity (Wildman–Crippen MR) is 39.7 cm³/mol. The summed E-state index contributed by atoms with van der Waals surface area (Å²) >= 11 is 0. The molecule has 1 fully saturated rings. The molecule has 0 saturated carbocycles. The van der Waals surface area contributed by atoms with Crippen molar-refractivity contribution in [2.45, 2.75) is 26.7 Å². The molecule has 3 atom stereocenters. The SMILES string of the molecule is C[B][C@H]1OC[C@H](C)[C@@H]1C. The quantitative estimate of drug-likeness (QED) is 0.481. The van der Waals surface area contributed by atoms with E-state index in [1.54, 1.807) is 0 Å². The number of rotatable bonds is 1. The molecular weight excluding hydrogens is 111 g/mol. The van der Waals surface area contributed by atoms with E-state index >= 15 is 0 Å². The number of ether oxygens (including phenoxy) is 1. The molecule has 51 valence electrons. The van der Waals surface area contributed by atoms with Crippen molar-refractivity contribution in [1.82, 2.24) is 0 Å². The minimum absolute atomic E-state index is 0.417. The van der Waals surface area contributed by atoms with Gasteiger partial charge in [0.2, 0.25) is 0 Å². The minimum Gasteiger partial charge on any atom is -0.387 e. The van der Waals surface area contributed by atoms with Crippen LogP contribution in [0.5, 0.6) is 0 Å². The Labute approximate surface area is 58.0 Å². The highest BCUT2D eigenvalue weighted by molar-refractivity contribution is 6.35. The third-order valence-corrected chi connectivity index (χ3v) is 2.30. The second-order valence-corrected chi connectivity index (χ2v) is 2.97. The van der Waals surface area contributed by atoms with Gasteiger partial charge in [0.15, 0.2) is 0 Å². The van der Waals surface area contributed by atoms with Crippen LogP contribution >= 0.6 is 0 Å². The average Bonchev–Trinajstić information content (AvgIpc) is 2.15. The highest BCUT2D eigenvalue weighted by Gasteiger charge is 2.28. The first kappa shape index (κ1) is 7.14. The third-order valence-electron chi connectivity index (χ3n) is 2.30. The van der Waals surface area contributed by atoms with Crippen LogP contribution in [-0.4, -0.2) is 19.9 Å². The maximum Gasteiger partial charge on any atom is 0.146 e. The van der Waals surface area contributed by atoms with Gasteiger partial charge in [0.1, 0.15) is 7.28 Å². The maximum atomic E-state index is 5.47. The molecule has 1 aliphatic rings. The summed E-state index contributed by atoms with van der Waals surface area (Å²) < 4.78 is 5.47. The normalized spacial score (nSPS) is 43.2. The van der Waals surface area contributed by atoms with E-state index in [2.05, 4.69) is 28.0 Å². The van der Waals surface area contributed by atoms with Gasteiger partial charge in [0.25, 0.3) is 0 Å². The molecule has 1 saturated heterocycles. The molecule has 0 aromatic carbocycles. The van der Waals surface area contributed by atoms with E-state index in [-0.39, 0.29) is 0 Å². The first-order valence-electron chi connectivity index (χ1n) is 3.66. The molecule has 0 aromatic rings. The summed E-state index contributed by atoms with van der Waals surface area (Å²) in [5.74, 6) is 1.46. The Morgan fingerprint density at radius 3 is 2.33 bits per heavy atom. The molecule has 1 rings (SSSR count). The van der Waals surface area contributed by atoms with Crippen molar-refractivity contribution >= 4 is 7.28 Å². The smallest absolute Gasteiger partial charge is 0.146 e. The molecule has 1 radical (unpaired) electrons. The zero-order valence-corrected chi connectivity index (χ0v) is 6.42. The topological polar surface area (TPSA) is 9.23 Å². The first-order chi connectivity index (χ1) is 4.25. The molecule has 0 N–H and O–H groups in total. The molecule has 0 spiro atoms. The largest absolute Gasteiger partial charge is 0.387 e. The lowest BCUT2D eigenvalue weighted by Crippen LogP contribution is -2.20. The van der Waals surface area contributed by atoms with Crippen LogP contribution in [0.3, 0.4) is 0 Å². The van der Waals surface area contributed by atoms with E-state index in [1.807, 2.05) is 0 Å². The van der Waals surface area contributed by atoms with Crippen LogP contribution in [0.1, 0.15) is 13.8 Å². The Morgan fingerprint density at radius 1 is 1.44 bits per heavy atom. The van der Waals surface area contributed by atoms with Crippen molar-refractivity contribution in [3.05, 3.63) is 0 Å². The molecule has 0 unspecified atom stereocenters. The van der Waals surface area contributed by atoms with Crippen LogP contribution in [0.4, 0.5) is 0 Å². The highest BCUT2D eigenvalue weighted by Crippen LogP contribution is 2.24. The van der Waals surface area contributed by atoms with Gasteiger partial charge >= 0.3 is 0 Å². The fourth-order valence-electron chi connectivity index (χ4n) is 1.29. The fraction of sp³-hybridized carbons (Fsp3) is 1.00. The maximum absolute atomic E-state index is 5.47. The van der Waals surface area contributed by atoms with E-state index in [1.165, 1.54) is 0 Å². The Balaban J connectivity index is 2.41. The Kier molecular flexibility index (Phi) is 2.17. The predicted octanol–water partition coefficient (Wildman–Crippen LogP) is 1.37. The van der Waals surface area contributed by atoms with Crippen molar-refractivity contribution in [3.63, 3.8) is 0 Å². The summed E-state index contributed by atoms with van der Waals surface area (Å²) in [6, 6.07) is 0.417. The zero-order chi connectivity index (χ0) is 6.85. The Bertz CT molecular complexity index is 94.9. The average molecular weight is 125 g/mol. The van der Waals surface area contributed by atoms with Gasteiger partial charge in [-0.3, -0.25) is 0 Å². The van der Waals surface area contributed by atoms with Crippen LogP contribution in [0, 0.1) is 11.8 Å². The van der Waals surface area contributed by atoms with Crippen LogP contribution in [-0.2, 0) is 4.74 Å². The summed E-state index contributed by atoms with van der Waals surface area (Å²) in [6.45, 7) is 7.51. The monoisotopic (exact) mass is 125 g/mol. The molecule has 2 heteroatoms. The first-order valence-corrected chi connectivity index (χ1v) is 3.66. The van der Waals surface area contributed by atoms with Crippen LogP contribution < -0.4 is 0 Å². The minimum atomic E-state index is 0.417. The molecule has 0 amide bonds. The number of hydrogen-bond acceptors (Lipinski definition) is 1. The molecule has 1 nitrogen and oxygen atoms in total. The molecule has 9 heavy (non-hydrogen) atoms. The van der Waals surface area contributed by atoms with Gasteiger partial charge in [-0.2, -0.15) is 0 Å². The lowest BCUT2D eigenvalue weighted by Gasteiger charge is -2.12. The van der Waals surface area contributed by atoms with Crippen LogP contribution in [0.2, 0.25) is 6.82 Å². The fourth-order valence-corrected chi connectivity index (χ4v) is 1.29. The van der Waals surface area contributed by atoms with Crippen molar-refractivity contribution in [2.75, 3.05) is 6.61 Å². The van der Waals surface area contributed by atoms with E-state index < -0.39 is 0 Å². The molecule has 1 aliphatic heterocycles. The van der Waals surface area contributed by atoms with E-state index in [0.29, 0.717) is 6.00 Å². The Hall–Kier alpha value is 0.0249. The van der Waals surface area contributed by atoms with Crippen molar-refractivity contribution < 1.29 is 4.74 Å². The standard InChI is InChI=1S/C7H14BO/c1-5-4-9-7(8-3)6(5)2/h5-7H,4H2,1-3H3/t5-,6-,7-/m0/s1. The lowest BCUT2D eigenvalue weighted by atomic mass is 9.68. The summed E-state index contributed by atoms with van der Waals surface area (Å²) in [7, 11) is 2.15.